The lowest BCUT2D eigenvalue weighted by Gasteiger charge is -2.21. The van der Waals surface area contributed by atoms with Gasteiger partial charge in [-0.15, -0.1) is 11.3 Å². The molecule has 1 fully saturated rings. The Morgan fingerprint density at radius 1 is 1.04 bits per heavy atom. The molecule has 0 bridgehead atoms. The third-order valence-electron chi connectivity index (χ3n) is 4.03. The molecule has 4 rings (SSSR count). The molecular formula is C17H16N4O2S2. The predicted octanol–water partition coefficient (Wildman–Crippen LogP) is 2.95. The predicted molar refractivity (Wildman–Crippen MR) is 95.3 cm³/mol. The highest BCUT2D eigenvalue weighted by Gasteiger charge is 2.38. The van der Waals surface area contributed by atoms with Crippen molar-refractivity contribution in [3.8, 4) is 10.4 Å². The van der Waals surface area contributed by atoms with Crippen LogP contribution in [-0.4, -0.2) is 33.7 Å². The van der Waals surface area contributed by atoms with E-state index in [4.69, 9.17) is 0 Å². The lowest BCUT2D eigenvalue weighted by atomic mass is 10.3. The van der Waals surface area contributed by atoms with Crippen LogP contribution in [0.25, 0.3) is 10.4 Å². The largest absolute Gasteiger partial charge is 0.265 e. The van der Waals surface area contributed by atoms with Crippen LogP contribution in [0.4, 0.5) is 0 Å². The van der Waals surface area contributed by atoms with E-state index in [9.17, 15) is 8.42 Å². The van der Waals surface area contributed by atoms with E-state index in [0.717, 1.165) is 28.8 Å². The fourth-order valence-corrected chi connectivity index (χ4v) is 5.68. The maximum absolute atomic E-state index is 13.2. The van der Waals surface area contributed by atoms with Gasteiger partial charge in [0, 0.05) is 47.8 Å². The lowest BCUT2D eigenvalue weighted by Crippen LogP contribution is -2.32. The smallest absolute Gasteiger partial charge is 0.253 e. The normalized spacial score (nSPS) is 14.8. The SMILES string of the molecule is O=S(=O)(c1ccc(-c2cncnc2)s1)N(Cc1ccncc1)C1CC1. The second-order valence-electron chi connectivity index (χ2n) is 5.88. The summed E-state index contributed by atoms with van der Waals surface area (Å²) in [4.78, 5) is 12.8. The molecular weight excluding hydrogens is 356 g/mol. The van der Waals surface area contributed by atoms with Gasteiger partial charge in [0.15, 0.2) is 0 Å². The zero-order chi connectivity index (χ0) is 17.3. The van der Waals surface area contributed by atoms with Gasteiger partial charge in [-0.25, -0.2) is 18.4 Å². The topological polar surface area (TPSA) is 76.1 Å². The van der Waals surface area contributed by atoms with E-state index in [1.165, 1.54) is 17.7 Å². The van der Waals surface area contributed by atoms with Crippen LogP contribution in [0.1, 0.15) is 18.4 Å². The van der Waals surface area contributed by atoms with E-state index < -0.39 is 10.0 Å². The van der Waals surface area contributed by atoms with Crippen molar-refractivity contribution in [2.75, 3.05) is 0 Å². The van der Waals surface area contributed by atoms with Crippen LogP contribution in [0.5, 0.6) is 0 Å². The van der Waals surface area contributed by atoms with Crippen LogP contribution in [0.2, 0.25) is 0 Å². The fourth-order valence-electron chi connectivity index (χ4n) is 2.60. The van der Waals surface area contributed by atoms with E-state index >= 15 is 0 Å². The van der Waals surface area contributed by atoms with Crippen molar-refractivity contribution in [2.45, 2.75) is 29.6 Å². The molecule has 0 amide bonds. The van der Waals surface area contributed by atoms with Crippen molar-refractivity contribution in [3.63, 3.8) is 0 Å². The van der Waals surface area contributed by atoms with E-state index in [-0.39, 0.29) is 6.04 Å². The summed E-state index contributed by atoms with van der Waals surface area (Å²) in [5, 5.41) is 0. The van der Waals surface area contributed by atoms with Gasteiger partial charge in [-0.3, -0.25) is 4.98 Å². The first-order valence-corrected chi connectivity index (χ1v) is 10.2. The highest BCUT2D eigenvalue weighted by molar-refractivity contribution is 7.91. The van der Waals surface area contributed by atoms with Crippen LogP contribution in [-0.2, 0) is 16.6 Å². The maximum atomic E-state index is 13.2. The van der Waals surface area contributed by atoms with Gasteiger partial charge < -0.3 is 0 Å². The highest BCUT2D eigenvalue weighted by atomic mass is 32.2. The molecule has 3 heterocycles. The second-order valence-corrected chi connectivity index (χ2v) is 9.08. The molecule has 1 saturated carbocycles. The second kappa shape index (κ2) is 6.62. The number of rotatable bonds is 6. The Morgan fingerprint density at radius 3 is 2.44 bits per heavy atom. The molecule has 0 aromatic carbocycles. The Labute approximate surface area is 150 Å². The molecule has 0 N–H and O–H groups in total. The van der Waals surface area contributed by atoms with Crippen LogP contribution >= 0.6 is 11.3 Å². The number of nitrogens with zero attached hydrogens (tertiary/aromatic N) is 4. The van der Waals surface area contributed by atoms with Gasteiger partial charge in [-0.05, 0) is 42.7 Å². The minimum absolute atomic E-state index is 0.0868. The molecule has 25 heavy (non-hydrogen) atoms. The Morgan fingerprint density at radius 2 is 1.76 bits per heavy atom. The molecule has 128 valence electrons. The molecule has 1 aliphatic carbocycles. The summed E-state index contributed by atoms with van der Waals surface area (Å²) in [6.07, 6.45) is 10.0. The zero-order valence-electron chi connectivity index (χ0n) is 13.3. The average molecular weight is 372 g/mol. The summed E-state index contributed by atoms with van der Waals surface area (Å²) >= 11 is 1.26. The average Bonchev–Trinajstić information content (AvgIpc) is 3.35. The standard InChI is InChI=1S/C17H16N4O2S2/c22-25(23,17-4-3-16(24-17)14-9-19-12-20-10-14)21(15-1-2-15)11-13-5-7-18-8-6-13/h3-10,12,15H,1-2,11H2. The van der Waals surface area contributed by atoms with Crippen molar-refractivity contribution in [2.24, 2.45) is 0 Å². The first kappa shape index (κ1) is 16.3. The summed E-state index contributed by atoms with van der Waals surface area (Å²) in [6, 6.07) is 7.28. The van der Waals surface area contributed by atoms with Crippen LogP contribution < -0.4 is 0 Å². The van der Waals surface area contributed by atoms with Gasteiger partial charge in [0.2, 0.25) is 0 Å². The van der Waals surface area contributed by atoms with Gasteiger partial charge >= 0.3 is 0 Å². The van der Waals surface area contributed by atoms with Crippen molar-refractivity contribution in [3.05, 3.63) is 60.9 Å². The molecule has 0 unspecified atom stereocenters. The van der Waals surface area contributed by atoms with Crippen molar-refractivity contribution in [1.82, 2.24) is 19.3 Å². The summed E-state index contributed by atoms with van der Waals surface area (Å²) < 4.78 is 28.3. The molecule has 0 radical (unpaired) electrons. The summed E-state index contributed by atoms with van der Waals surface area (Å²) in [6.45, 7) is 0.372. The molecule has 0 atom stereocenters. The third kappa shape index (κ3) is 3.46. The van der Waals surface area contributed by atoms with Gasteiger partial charge in [0.1, 0.15) is 10.5 Å². The first-order valence-electron chi connectivity index (χ1n) is 7.90. The molecule has 0 saturated heterocycles. The molecule has 0 spiro atoms. The Hall–Kier alpha value is -2.16. The first-order chi connectivity index (χ1) is 12.1. The molecule has 0 aliphatic heterocycles. The summed E-state index contributed by atoms with van der Waals surface area (Å²) in [5.41, 5.74) is 1.76. The minimum atomic E-state index is -3.53. The minimum Gasteiger partial charge on any atom is -0.265 e. The zero-order valence-corrected chi connectivity index (χ0v) is 14.9. The van der Waals surface area contributed by atoms with Gasteiger partial charge in [-0.1, -0.05) is 0 Å². The summed E-state index contributed by atoms with van der Waals surface area (Å²) in [7, 11) is -3.53. The van der Waals surface area contributed by atoms with E-state index in [2.05, 4.69) is 15.0 Å². The van der Waals surface area contributed by atoms with E-state index in [0.29, 0.717) is 10.8 Å². The van der Waals surface area contributed by atoms with Gasteiger partial charge in [0.25, 0.3) is 10.0 Å². The molecule has 6 nitrogen and oxygen atoms in total. The van der Waals surface area contributed by atoms with Crippen molar-refractivity contribution in [1.29, 1.82) is 0 Å². The Kier molecular flexibility index (Phi) is 4.32. The monoisotopic (exact) mass is 372 g/mol. The number of thiophene rings is 1. The van der Waals surface area contributed by atoms with E-state index in [1.54, 1.807) is 35.2 Å². The van der Waals surface area contributed by atoms with Crippen LogP contribution in [0.15, 0.2) is 59.6 Å². The van der Waals surface area contributed by atoms with Crippen molar-refractivity contribution >= 4 is 21.4 Å². The van der Waals surface area contributed by atoms with Gasteiger partial charge in [0.05, 0.1) is 0 Å². The molecule has 3 aromatic rings. The summed E-state index contributed by atoms with van der Waals surface area (Å²) in [5.74, 6) is 0. The number of hydrogen-bond donors (Lipinski definition) is 0. The fraction of sp³-hybridized carbons (Fsp3) is 0.235. The van der Waals surface area contributed by atoms with Crippen LogP contribution in [0.3, 0.4) is 0 Å². The van der Waals surface area contributed by atoms with Gasteiger partial charge in [-0.2, -0.15) is 4.31 Å². The van der Waals surface area contributed by atoms with Crippen molar-refractivity contribution < 1.29 is 8.42 Å². The molecule has 8 heteroatoms. The quantitative estimate of drug-likeness (QED) is 0.665. The van der Waals surface area contributed by atoms with E-state index in [1.807, 2.05) is 18.2 Å². The third-order valence-corrected chi connectivity index (χ3v) is 7.53. The lowest BCUT2D eigenvalue weighted by molar-refractivity contribution is 0.400. The van der Waals surface area contributed by atoms with Crippen LogP contribution in [0, 0.1) is 0 Å². The molecule has 1 aliphatic rings. The number of hydrogen-bond acceptors (Lipinski definition) is 6. The molecule has 3 aromatic heterocycles. The number of sulfonamides is 1. The highest BCUT2D eigenvalue weighted by Crippen LogP contribution is 2.37. The number of aromatic nitrogens is 3. The number of pyridine rings is 1. The Balaban J connectivity index is 1.64. The maximum Gasteiger partial charge on any atom is 0.253 e. The Bertz CT molecular complexity index is 955.